The second-order valence-corrected chi connectivity index (χ2v) is 9.01. The Morgan fingerprint density at radius 3 is 2.62 bits per heavy atom. The monoisotopic (exact) mass is 479 g/mol. The van der Waals surface area contributed by atoms with Gasteiger partial charge in [-0.15, -0.1) is 0 Å². The van der Waals surface area contributed by atoms with E-state index >= 15 is 0 Å². The first-order valence-corrected chi connectivity index (χ1v) is 11.0. The molecule has 1 unspecified atom stereocenters. The van der Waals surface area contributed by atoms with Crippen LogP contribution in [0.3, 0.4) is 0 Å². The normalized spacial score (nSPS) is 18.8. The van der Waals surface area contributed by atoms with Crippen LogP contribution in [0.2, 0.25) is 10.0 Å². The zero-order valence-electron chi connectivity index (χ0n) is 17.6. The molecular formula is C21H23Cl2N5O4. The molecule has 3 aromatic rings. The predicted octanol–water partition coefficient (Wildman–Crippen LogP) is 2.84. The first-order chi connectivity index (χ1) is 15.2. The molecule has 1 aliphatic carbocycles. The Labute approximate surface area is 193 Å². The predicted molar refractivity (Wildman–Crippen MR) is 123 cm³/mol. The van der Waals surface area contributed by atoms with Crippen LogP contribution >= 0.6 is 23.2 Å². The molecule has 0 radical (unpaired) electrons. The number of anilines is 1. The first-order valence-electron chi connectivity index (χ1n) is 10.3. The van der Waals surface area contributed by atoms with Crippen molar-refractivity contribution >= 4 is 46.3 Å². The lowest BCUT2D eigenvalue weighted by molar-refractivity contribution is -0.142. The Morgan fingerprint density at radius 1 is 1.19 bits per heavy atom. The molecule has 2 heterocycles. The summed E-state index contributed by atoms with van der Waals surface area (Å²) in [5.74, 6) is -0.770. The third kappa shape index (κ3) is 4.02. The number of hydrogen-bond donors (Lipinski definition) is 2. The number of aliphatic carboxylic acids is 1. The number of carbonyl (C=O) groups is 1. The van der Waals surface area contributed by atoms with E-state index in [1.807, 2.05) is 0 Å². The number of nitrogens with one attached hydrogen (secondary N) is 1. The Balaban J connectivity index is 1.72. The van der Waals surface area contributed by atoms with E-state index in [1.54, 1.807) is 36.9 Å². The topological polar surface area (TPSA) is 111 Å². The number of carboxylic acid groups (broad SMARTS) is 1. The van der Waals surface area contributed by atoms with Crippen molar-refractivity contribution in [1.82, 2.24) is 18.7 Å². The fourth-order valence-corrected chi connectivity index (χ4v) is 4.58. The Morgan fingerprint density at radius 2 is 1.94 bits per heavy atom. The summed E-state index contributed by atoms with van der Waals surface area (Å²) in [5.41, 5.74) is 0.243. The average Bonchev–Trinajstić information content (AvgIpc) is 3.08. The van der Waals surface area contributed by atoms with Crippen LogP contribution in [0.25, 0.3) is 11.2 Å². The van der Waals surface area contributed by atoms with Gasteiger partial charge in [-0.25, -0.2) is 4.79 Å². The van der Waals surface area contributed by atoms with Crippen molar-refractivity contribution in [2.45, 2.75) is 38.3 Å². The van der Waals surface area contributed by atoms with Gasteiger partial charge in [-0.2, -0.15) is 4.98 Å². The highest BCUT2D eigenvalue weighted by Gasteiger charge is 2.28. The van der Waals surface area contributed by atoms with Crippen molar-refractivity contribution in [2.75, 3.05) is 5.32 Å². The third-order valence-electron chi connectivity index (χ3n) is 6.04. The van der Waals surface area contributed by atoms with Crippen LogP contribution in [0.15, 0.2) is 27.8 Å². The maximum absolute atomic E-state index is 13.2. The Hall–Kier alpha value is -2.78. The first kappa shape index (κ1) is 22.4. The fourth-order valence-electron chi connectivity index (χ4n) is 4.26. The third-order valence-corrected chi connectivity index (χ3v) is 6.78. The van der Waals surface area contributed by atoms with E-state index in [0.29, 0.717) is 34.4 Å². The van der Waals surface area contributed by atoms with Crippen molar-refractivity contribution in [3.63, 3.8) is 0 Å². The lowest BCUT2D eigenvalue weighted by Gasteiger charge is -2.27. The summed E-state index contributed by atoms with van der Waals surface area (Å²) in [7, 11) is 3.26. The highest BCUT2D eigenvalue weighted by atomic mass is 35.5. The van der Waals surface area contributed by atoms with Crippen LogP contribution in [-0.4, -0.2) is 35.8 Å². The van der Waals surface area contributed by atoms with Gasteiger partial charge in [0.1, 0.15) is 0 Å². The van der Waals surface area contributed by atoms with Gasteiger partial charge in [0.2, 0.25) is 5.95 Å². The minimum absolute atomic E-state index is 0.0369. The van der Waals surface area contributed by atoms with E-state index in [9.17, 15) is 19.5 Å². The Kier molecular flexibility index (Phi) is 6.05. The van der Waals surface area contributed by atoms with Gasteiger partial charge in [0, 0.05) is 20.1 Å². The van der Waals surface area contributed by atoms with Crippen molar-refractivity contribution in [2.24, 2.45) is 20.0 Å². The lowest BCUT2D eigenvalue weighted by atomic mass is 9.86. The fraction of sp³-hybridized carbons (Fsp3) is 0.429. The summed E-state index contributed by atoms with van der Waals surface area (Å²) in [5, 5.41) is 13.3. The molecule has 1 aromatic carbocycles. The quantitative estimate of drug-likeness (QED) is 0.581. The maximum Gasteiger partial charge on any atom is 0.332 e. The second-order valence-electron chi connectivity index (χ2n) is 8.19. The molecule has 1 aliphatic rings. The molecular weight excluding hydrogens is 457 g/mol. The molecule has 4 rings (SSSR count). The van der Waals surface area contributed by atoms with Crippen molar-refractivity contribution in [3.8, 4) is 0 Å². The number of benzene rings is 1. The molecule has 2 aromatic heterocycles. The van der Waals surface area contributed by atoms with Crippen LogP contribution in [-0.2, 0) is 25.4 Å². The highest BCUT2D eigenvalue weighted by Crippen LogP contribution is 2.27. The Bertz CT molecular complexity index is 1330. The van der Waals surface area contributed by atoms with Gasteiger partial charge in [0.25, 0.3) is 5.56 Å². The SMILES string of the molecule is Cn1c(NC2CCC[C@H](C(=O)O)C2)nc2c1c(=O)n(Cc1ccc(Cl)c(Cl)c1)c(=O)n2C. The lowest BCUT2D eigenvalue weighted by Crippen LogP contribution is -2.39. The molecule has 0 saturated heterocycles. The van der Waals surface area contributed by atoms with Gasteiger partial charge < -0.3 is 15.0 Å². The van der Waals surface area contributed by atoms with E-state index in [-0.39, 0.29) is 23.8 Å². The number of aromatic nitrogens is 4. The smallest absolute Gasteiger partial charge is 0.332 e. The number of aryl methyl sites for hydroxylation is 2. The van der Waals surface area contributed by atoms with Gasteiger partial charge in [0.15, 0.2) is 11.2 Å². The summed E-state index contributed by atoms with van der Waals surface area (Å²) in [6, 6.07) is 4.88. The van der Waals surface area contributed by atoms with Crippen molar-refractivity contribution < 1.29 is 9.90 Å². The van der Waals surface area contributed by atoms with Crippen LogP contribution in [0.4, 0.5) is 5.95 Å². The van der Waals surface area contributed by atoms with Gasteiger partial charge in [0.05, 0.1) is 22.5 Å². The zero-order chi connectivity index (χ0) is 23.2. The van der Waals surface area contributed by atoms with Crippen molar-refractivity contribution in [1.29, 1.82) is 0 Å². The minimum Gasteiger partial charge on any atom is -0.481 e. The molecule has 0 amide bonds. The summed E-state index contributed by atoms with van der Waals surface area (Å²) < 4.78 is 4.08. The minimum atomic E-state index is -0.797. The summed E-state index contributed by atoms with van der Waals surface area (Å²) >= 11 is 12.0. The van der Waals surface area contributed by atoms with E-state index in [4.69, 9.17) is 23.2 Å². The van der Waals surface area contributed by atoms with Gasteiger partial charge in [-0.05, 0) is 37.0 Å². The molecule has 1 saturated carbocycles. The number of halogens is 2. The molecule has 9 nitrogen and oxygen atoms in total. The van der Waals surface area contributed by atoms with Gasteiger partial charge >= 0.3 is 11.7 Å². The van der Waals surface area contributed by atoms with Crippen LogP contribution in [0, 0.1) is 5.92 Å². The summed E-state index contributed by atoms with van der Waals surface area (Å²) in [4.78, 5) is 42.0. The number of fused-ring (bicyclic) bond motifs is 1. The number of carboxylic acids is 1. The molecule has 170 valence electrons. The van der Waals surface area contributed by atoms with Crippen LogP contribution < -0.4 is 16.6 Å². The van der Waals surface area contributed by atoms with E-state index in [0.717, 1.165) is 17.4 Å². The highest BCUT2D eigenvalue weighted by molar-refractivity contribution is 6.42. The van der Waals surface area contributed by atoms with E-state index in [1.165, 1.54) is 4.57 Å². The summed E-state index contributed by atoms with van der Waals surface area (Å²) in [6.07, 6.45) is 2.75. The van der Waals surface area contributed by atoms with Gasteiger partial charge in [-0.1, -0.05) is 35.7 Å². The number of nitrogens with zero attached hydrogens (tertiary/aromatic N) is 4. The average molecular weight is 480 g/mol. The molecule has 2 atom stereocenters. The number of rotatable bonds is 5. The molecule has 0 aliphatic heterocycles. The largest absolute Gasteiger partial charge is 0.481 e. The van der Waals surface area contributed by atoms with E-state index in [2.05, 4.69) is 10.3 Å². The summed E-state index contributed by atoms with van der Waals surface area (Å²) in [6.45, 7) is 0.0369. The molecule has 32 heavy (non-hydrogen) atoms. The maximum atomic E-state index is 13.2. The molecule has 1 fully saturated rings. The molecule has 0 bridgehead atoms. The van der Waals surface area contributed by atoms with Crippen LogP contribution in [0.5, 0.6) is 0 Å². The standard InChI is InChI=1S/C21H23Cl2N5O4/c1-26-16-17(25-20(26)24-13-5-3-4-12(9-13)19(30)31)27(2)21(32)28(18(16)29)10-11-6-7-14(22)15(23)8-11/h6-8,12-13H,3-5,9-10H2,1-2H3,(H,24,25)(H,30,31)/t12-,13?/m0/s1. The molecule has 11 heteroatoms. The molecule has 0 spiro atoms. The zero-order valence-corrected chi connectivity index (χ0v) is 19.2. The van der Waals surface area contributed by atoms with E-state index < -0.39 is 23.1 Å². The van der Waals surface area contributed by atoms with Crippen molar-refractivity contribution in [3.05, 3.63) is 54.6 Å². The van der Waals surface area contributed by atoms with Gasteiger partial charge in [-0.3, -0.25) is 18.7 Å². The number of hydrogen-bond acceptors (Lipinski definition) is 5. The second kappa shape index (κ2) is 8.63. The number of imidazole rings is 1. The molecule has 2 N–H and O–H groups in total. The van der Waals surface area contributed by atoms with Crippen LogP contribution in [0.1, 0.15) is 31.2 Å².